The highest BCUT2D eigenvalue weighted by Crippen LogP contribution is 2.36. The van der Waals surface area contributed by atoms with Crippen LogP contribution in [0.1, 0.15) is 0 Å². The quantitative estimate of drug-likeness (QED) is 0.590. The van der Waals surface area contributed by atoms with Gasteiger partial charge in [0.25, 0.3) is 0 Å². The van der Waals surface area contributed by atoms with E-state index in [1.807, 2.05) is 0 Å². The fourth-order valence-corrected chi connectivity index (χ4v) is 0.555. The molecule has 4 nitrogen and oxygen atoms in total. The Hall–Kier alpha value is -1.74. The van der Waals surface area contributed by atoms with Crippen molar-refractivity contribution in [1.29, 1.82) is 0 Å². The van der Waals surface area contributed by atoms with Crippen molar-refractivity contribution in [3.05, 3.63) is 11.7 Å². The van der Waals surface area contributed by atoms with Crippen LogP contribution in [0.4, 0.5) is 26.3 Å². The van der Waals surface area contributed by atoms with Crippen LogP contribution in [0.2, 0.25) is 0 Å². The summed E-state index contributed by atoms with van der Waals surface area (Å²) in [5, 5.41) is 15.8. The van der Waals surface area contributed by atoms with Gasteiger partial charge in [0.2, 0.25) is 11.7 Å². The van der Waals surface area contributed by atoms with Gasteiger partial charge in [-0.25, -0.2) is 18.4 Å². The molecule has 0 aliphatic rings. The Balaban J connectivity index is 5.79. The van der Waals surface area contributed by atoms with Crippen LogP contribution in [-0.4, -0.2) is 34.0 Å². The lowest BCUT2D eigenvalue weighted by Gasteiger charge is -2.14. The maximum Gasteiger partial charge on any atom is 0.445 e. The number of alkyl halides is 4. The minimum atomic E-state index is -6.02. The van der Waals surface area contributed by atoms with Gasteiger partial charge in [-0.15, -0.1) is 0 Å². The molecule has 0 aromatic heterocycles. The summed E-state index contributed by atoms with van der Waals surface area (Å²) in [5.41, 5.74) is -5.11. The van der Waals surface area contributed by atoms with Crippen LogP contribution >= 0.6 is 0 Å². The van der Waals surface area contributed by atoms with Crippen molar-refractivity contribution in [3.63, 3.8) is 0 Å². The van der Waals surface area contributed by atoms with Crippen molar-refractivity contribution in [2.24, 2.45) is 0 Å². The molecule has 0 aliphatic carbocycles. The van der Waals surface area contributed by atoms with Gasteiger partial charge < -0.3 is 10.2 Å². The van der Waals surface area contributed by atoms with Gasteiger partial charge in [0.05, 0.1) is 0 Å². The van der Waals surface area contributed by atoms with Crippen molar-refractivity contribution < 1.29 is 46.1 Å². The molecule has 16 heavy (non-hydrogen) atoms. The SMILES string of the molecule is O=C(O)C(F)(C(=O)O)/C(F)=C(\F)C(F)(F)F. The van der Waals surface area contributed by atoms with Gasteiger partial charge >= 0.3 is 23.8 Å². The summed E-state index contributed by atoms with van der Waals surface area (Å²) >= 11 is 0. The zero-order valence-electron chi connectivity index (χ0n) is 6.98. The third-order valence-corrected chi connectivity index (χ3v) is 1.33. The lowest BCUT2D eigenvalue weighted by molar-refractivity contribution is -0.165. The molecule has 0 spiro atoms. The number of allylic oxidation sites excluding steroid dienone is 1. The highest BCUT2D eigenvalue weighted by atomic mass is 19.4. The molecule has 0 radical (unpaired) electrons. The molecule has 0 aromatic carbocycles. The van der Waals surface area contributed by atoms with E-state index < -0.39 is 35.4 Å². The van der Waals surface area contributed by atoms with Crippen molar-refractivity contribution in [2.45, 2.75) is 11.8 Å². The van der Waals surface area contributed by atoms with Crippen LogP contribution in [0, 0.1) is 0 Å². The number of rotatable bonds is 3. The van der Waals surface area contributed by atoms with Crippen LogP contribution in [0.3, 0.4) is 0 Å². The Labute approximate surface area is 82.8 Å². The Bertz CT molecular complexity index is 343. The first-order valence-corrected chi connectivity index (χ1v) is 3.24. The number of hydrogen-bond donors (Lipinski definition) is 2. The number of hydrogen-bond acceptors (Lipinski definition) is 2. The van der Waals surface area contributed by atoms with Gasteiger partial charge in [-0.2, -0.15) is 17.6 Å². The Morgan fingerprint density at radius 3 is 1.31 bits per heavy atom. The summed E-state index contributed by atoms with van der Waals surface area (Å²) in [6, 6.07) is 0. The summed E-state index contributed by atoms with van der Waals surface area (Å²) in [5.74, 6) is -13.5. The number of carboxylic acid groups (broad SMARTS) is 2. The average molecular weight is 252 g/mol. The average Bonchev–Trinajstić information content (AvgIpc) is 2.11. The topological polar surface area (TPSA) is 74.6 Å². The zero-order valence-corrected chi connectivity index (χ0v) is 6.98. The predicted octanol–water partition coefficient (Wildman–Crippen LogP) is 1.58. The van der Waals surface area contributed by atoms with E-state index in [-0.39, 0.29) is 0 Å². The molecule has 0 bridgehead atoms. The van der Waals surface area contributed by atoms with E-state index in [1.54, 1.807) is 0 Å². The molecule has 0 amide bonds. The molecule has 0 saturated heterocycles. The normalized spacial score (nSPS) is 14.4. The van der Waals surface area contributed by atoms with Crippen LogP contribution in [-0.2, 0) is 9.59 Å². The number of aliphatic carboxylic acids is 2. The smallest absolute Gasteiger partial charge is 0.445 e. The van der Waals surface area contributed by atoms with Crippen molar-refractivity contribution >= 4 is 11.9 Å². The van der Waals surface area contributed by atoms with Crippen LogP contribution in [0.25, 0.3) is 0 Å². The summed E-state index contributed by atoms with van der Waals surface area (Å²) < 4.78 is 72.1. The van der Waals surface area contributed by atoms with E-state index >= 15 is 0 Å². The first-order chi connectivity index (χ1) is 6.95. The van der Waals surface area contributed by atoms with E-state index in [4.69, 9.17) is 10.2 Å². The third kappa shape index (κ3) is 2.25. The van der Waals surface area contributed by atoms with Gasteiger partial charge in [0, 0.05) is 0 Å². The Morgan fingerprint density at radius 1 is 0.812 bits per heavy atom. The van der Waals surface area contributed by atoms with Gasteiger partial charge in [-0.3, -0.25) is 0 Å². The molecule has 10 heteroatoms. The standard InChI is InChI=1S/C6H2F6O4/c7-1(2(8)6(10,11)12)5(9,3(13)14)4(15)16/h(H,13,14)(H,15,16)/b2-1+. The number of carbonyl (C=O) groups is 2. The highest BCUT2D eigenvalue weighted by molar-refractivity contribution is 6.05. The van der Waals surface area contributed by atoms with Gasteiger partial charge in [0.15, 0.2) is 0 Å². The van der Waals surface area contributed by atoms with Crippen LogP contribution < -0.4 is 0 Å². The predicted molar refractivity (Wildman–Crippen MR) is 34.4 cm³/mol. The molecule has 92 valence electrons. The number of carboxylic acids is 2. The van der Waals surface area contributed by atoms with E-state index in [2.05, 4.69) is 0 Å². The van der Waals surface area contributed by atoms with Crippen molar-refractivity contribution in [2.75, 3.05) is 0 Å². The first-order valence-electron chi connectivity index (χ1n) is 3.24. The van der Waals surface area contributed by atoms with Crippen molar-refractivity contribution in [3.8, 4) is 0 Å². The molecular weight excluding hydrogens is 250 g/mol. The lowest BCUT2D eigenvalue weighted by atomic mass is 10.0. The molecule has 0 saturated carbocycles. The summed E-state index contributed by atoms with van der Waals surface area (Å²) in [7, 11) is 0. The minimum Gasteiger partial charge on any atom is -0.478 e. The van der Waals surface area contributed by atoms with Crippen LogP contribution in [0.15, 0.2) is 11.7 Å². The molecule has 2 N–H and O–H groups in total. The molecule has 0 unspecified atom stereocenters. The molecule has 0 fully saturated rings. The largest absolute Gasteiger partial charge is 0.478 e. The number of halogens is 6. The van der Waals surface area contributed by atoms with E-state index in [0.29, 0.717) is 0 Å². The highest BCUT2D eigenvalue weighted by Gasteiger charge is 2.57. The fourth-order valence-electron chi connectivity index (χ4n) is 0.555. The molecule has 0 aliphatic heterocycles. The van der Waals surface area contributed by atoms with Gasteiger partial charge in [0.1, 0.15) is 0 Å². The molecule has 0 rings (SSSR count). The summed E-state index contributed by atoms with van der Waals surface area (Å²) in [4.78, 5) is 19.9. The zero-order chi connectivity index (χ0) is 13.3. The molecule has 0 heterocycles. The summed E-state index contributed by atoms with van der Waals surface area (Å²) in [6.45, 7) is 0. The van der Waals surface area contributed by atoms with Gasteiger partial charge in [-0.1, -0.05) is 0 Å². The monoisotopic (exact) mass is 252 g/mol. The van der Waals surface area contributed by atoms with E-state index in [9.17, 15) is 35.9 Å². The Kier molecular flexibility index (Phi) is 3.58. The maximum atomic E-state index is 12.8. The molecule has 0 aromatic rings. The third-order valence-electron chi connectivity index (χ3n) is 1.33. The summed E-state index contributed by atoms with van der Waals surface area (Å²) in [6.07, 6.45) is -6.02. The van der Waals surface area contributed by atoms with E-state index in [1.165, 1.54) is 0 Å². The van der Waals surface area contributed by atoms with Crippen LogP contribution in [0.5, 0.6) is 0 Å². The van der Waals surface area contributed by atoms with Gasteiger partial charge in [-0.05, 0) is 0 Å². The Morgan fingerprint density at radius 2 is 1.12 bits per heavy atom. The second kappa shape index (κ2) is 4.02. The second-order valence-corrected chi connectivity index (χ2v) is 2.39. The van der Waals surface area contributed by atoms with E-state index in [0.717, 1.165) is 0 Å². The minimum absolute atomic E-state index is 3.11. The fraction of sp³-hybridized carbons (Fsp3) is 0.333. The molecular formula is C6H2F6O4. The first kappa shape index (κ1) is 14.3. The van der Waals surface area contributed by atoms with Crippen molar-refractivity contribution in [1.82, 2.24) is 0 Å². The lowest BCUT2D eigenvalue weighted by Crippen LogP contribution is -2.44. The second-order valence-electron chi connectivity index (χ2n) is 2.39. The molecule has 0 atom stereocenters. The maximum absolute atomic E-state index is 12.8.